The summed E-state index contributed by atoms with van der Waals surface area (Å²) < 4.78 is 43.2. The van der Waals surface area contributed by atoms with Gasteiger partial charge in [0.1, 0.15) is 11.7 Å². The van der Waals surface area contributed by atoms with Crippen LogP contribution < -0.4 is 10.6 Å². The Kier molecular flexibility index (Phi) is 7.21. The number of hydrogen-bond acceptors (Lipinski definition) is 6. The highest BCUT2D eigenvalue weighted by Gasteiger charge is 2.33. The Labute approximate surface area is 175 Å². The molecule has 0 aliphatic rings. The molecular weight excluding hydrogens is 419 g/mol. The van der Waals surface area contributed by atoms with Crippen molar-refractivity contribution in [3.63, 3.8) is 0 Å². The second-order valence-electron chi connectivity index (χ2n) is 6.83. The second kappa shape index (κ2) is 9.45. The van der Waals surface area contributed by atoms with Crippen LogP contribution >= 0.6 is 0 Å². The summed E-state index contributed by atoms with van der Waals surface area (Å²) in [6, 6.07) is 6.17. The zero-order chi connectivity index (χ0) is 23.3. The molecule has 0 aromatic heterocycles. The molecule has 0 bridgehead atoms. The molecule has 0 saturated heterocycles. The SMILES string of the molecule is Cc1ccc(C)c(NC(=O)COC(=O)C(C)Nc2ccc(C(F)(F)F)cc2[N+](=O)[O-])c1. The molecular formula is C20H20F3N3O5. The lowest BCUT2D eigenvalue weighted by atomic mass is 10.1. The standard InChI is InChI=1S/C20H20F3N3O5/c1-11-4-5-12(2)16(8-11)25-18(27)10-31-19(28)13(3)24-15-7-6-14(20(21,22)23)9-17(15)26(29)30/h4-9,13,24H,10H2,1-3H3,(H,25,27). The topological polar surface area (TPSA) is 111 Å². The van der Waals surface area contributed by atoms with Crippen LogP contribution in [0.5, 0.6) is 0 Å². The lowest BCUT2D eigenvalue weighted by Crippen LogP contribution is -2.31. The largest absolute Gasteiger partial charge is 0.454 e. The summed E-state index contributed by atoms with van der Waals surface area (Å²) in [6.45, 7) is 4.34. The van der Waals surface area contributed by atoms with Gasteiger partial charge >= 0.3 is 12.1 Å². The molecule has 0 fully saturated rings. The van der Waals surface area contributed by atoms with Crippen molar-refractivity contribution in [1.82, 2.24) is 0 Å². The van der Waals surface area contributed by atoms with Crippen molar-refractivity contribution < 1.29 is 32.4 Å². The number of esters is 1. The van der Waals surface area contributed by atoms with E-state index in [4.69, 9.17) is 4.74 Å². The fourth-order valence-corrected chi connectivity index (χ4v) is 2.59. The van der Waals surface area contributed by atoms with Gasteiger partial charge in [0.15, 0.2) is 6.61 Å². The van der Waals surface area contributed by atoms with E-state index in [-0.39, 0.29) is 5.69 Å². The minimum atomic E-state index is -4.75. The highest BCUT2D eigenvalue weighted by molar-refractivity contribution is 5.94. The third-order valence-electron chi connectivity index (χ3n) is 4.26. The molecule has 0 aliphatic heterocycles. The number of amides is 1. The Morgan fingerprint density at radius 1 is 1.13 bits per heavy atom. The van der Waals surface area contributed by atoms with Crippen LogP contribution in [-0.2, 0) is 20.5 Å². The van der Waals surface area contributed by atoms with Gasteiger partial charge in [0.25, 0.3) is 11.6 Å². The highest BCUT2D eigenvalue weighted by Crippen LogP contribution is 2.35. The Balaban J connectivity index is 2.00. The van der Waals surface area contributed by atoms with Crippen molar-refractivity contribution in [3.8, 4) is 0 Å². The van der Waals surface area contributed by atoms with E-state index in [1.165, 1.54) is 6.92 Å². The van der Waals surface area contributed by atoms with Crippen molar-refractivity contribution in [2.45, 2.75) is 33.0 Å². The molecule has 31 heavy (non-hydrogen) atoms. The number of nitrogens with zero attached hydrogens (tertiary/aromatic N) is 1. The van der Waals surface area contributed by atoms with Crippen molar-refractivity contribution >= 4 is 28.9 Å². The molecule has 8 nitrogen and oxygen atoms in total. The molecule has 0 radical (unpaired) electrons. The van der Waals surface area contributed by atoms with Gasteiger partial charge in [0.05, 0.1) is 10.5 Å². The Hall–Kier alpha value is -3.63. The summed E-state index contributed by atoms with van der Waals surface area (Å²) >= 11 is 0. The van der Waals surface area contributed by atoms with Gasteiger partial charge in [0, 0.05) is 11.8 Å². The Morgan fingerprint density at radius 2 is 1.81 bits per heavy atom. The smallest absolute Gasteiger partial charge is 0.416 e. The zero-order valence-corrected chi connectivity index (χ0v) is 16.9. The summed E-state index contributed by atoms with van der Waals surface area (Å²) in [5.41, 5.74) is -0.0242. The first kappa shape index (κ1) is 23.6. The molecule has 1 amide bonds. The normalized spacial score (nSPS) is 12.1. The van der Waals surface area contributed by atoms with Gasteiger partial charge in [-0.2, -0.15) is 13.2 Å². The predicted octanol–water partition coefficient (Wildman–Crippen LogP) is 4.21. The van der Waals surface area contributed by atoms with Crippen molar-refractivity contribution in [3.05, 3.63) is 63.2 Å². The first-order valence-corrected chi connectivity index (χ1v) is 9.04. The Morgan fingerprint density at radius 3 is 2.42 bits per heavy atom. The molecule has 2 rings (SSSR count). The number of anilines is 2. The molecule has 2 aromatic carbocycles. The van der Waals surface area contributed by atoms with Gasteiger partial charge in [-0.25, -0.2) is 4.79 Å². The van der Waals surface area contributed by atoms with Gasteiger partial charge in [-0.1, -0.05) is 12.1 Å². The monoisotopic (exact) mass is 439 g/mol. The van der Waals surface area contributed by atoms with Crippen molar-refractivity contribution in [2.24, 2.45) is 0 Å². The van der Waals surface area contributed by atoms with Crippen LogP contribution in [0.15, 0.2) is 36.4 Å². The van der Waals surface area contributed by atoms with Gasteiger partial charge in [-0.15, -0.1) is 0 Å². The molecule has 166 valence electrons. The van der Waals surface area contributed by atoms with Crippen LogP contribution in [0.25, 0.3) is 0 Å². The van der Waals surface area contributed by atoms with Crippen molar-refractivity contribution in [1.29, 1.82) is 0 Å². The quantitative estimate of drug-likeness (QED) is 0.380. The van der Waals surface area contributed by atoms with E-state index in [0.29, 0.717) is 17.8 Å². The molecule has 1 unspecified atom stereocenters. The maximum Gasteiger partial charge on any atom is 0.416 e. The number of hydrogen-bond donors (Lipinski definition) is 2. The van der Waals surface area contributed by atoms with Crippen LogP contribution in [0, 0.1) is 24.0 Å². The summed E-state index contributed by atoms with van der Waals surface area (Å²) in [5, 5.41) is 16.2. The first-order valence-electron chi connectivity index (χ1n) is 9.04. The molecule has 1 atom stereocenters. The fraction of sp³-hybridized carbons (Fsp3) is 0.300. The number of aryl methyl sites for hydroxylation is 2. The molecule has 11 heteroatoms. The molecule has 0 spiro atoms. The van der Waals surface area contributed by atoms with Gasteiger partial charge in [0.2, 0.25) is 0 Å². The lowest BCUT2D eigenvalue weighted by Gasteiger charge is -2.16. The van der Waals surface area contributed by atoms with E-state index < -0.39 is 46.9 Å². The molecule has 0 saturated carbocycles. The number of benzene rings is 2. The van der Waals surface area contributed by atoms with Crippen LogP contribution in [-0.4, -0.2) is 29.4 Å². The minimum absolute atomic E-state index is 0.290. The van der Waals surface area contributed by atoms with E-state index in [9.17, 15) is 32.9 Å². The number of rotatable bonds is 7. The third kappa shape index (κ3) is 6.43. The predicted molar refractivity (Wildman–Crippen MR) is 107 cm³/mol. The minimum Gasteiger partial charge on any atom is -0.454 e. The number of nitrogens with one attached hydrogen (secondary N) is 2. The van der Waals surface area contributed by atoms with Crippen molar-refractivity contribution in [2.75, 3.05) is 17.2 Å². The van der Waals surface area contributed by atoms with E-state index in [1.807, 2.05) is 19.1 Å². The van der Waals surface area contributed by atoms with Crippen LogP contribution in [0.1, 0.15) is 23.6 Å². The highest BCUT2D eigenvalue weighted by atomic mass is 19.4. The molecule has 2 N–H and O–H groups in total. The number of nitro benzene ring substituents is 1. The second-order valence-corrected chi connectivity index (χ2v) is 6.83. The zero-order valence-electron chi connectivity index (χ0n) is 16.9. The molecule has 0 aliphatic carbocycles. The number of carbonyl (C=O) groups is 2. The van der Waals surface area contributed by atoms with E-state index >= 15 is 0 Å². The first-order chi connectivity index (χ1) is 14.4. The average molecular weight is 439 g/mol. The van der Waals surface area contributed by atoms with Crippen LogP contribution in [0.4, 0.5) is 30.2 Å². The maximum absolute atomic E-state index is 12.8. The number of halogens is 3. The number of carbonyl (C=O) groups excluding carboxylic acids is 2. The van der Waals surface area contributed by atoms with Gasteiger partial charge in [-0.3, -0.25) is 14.9 Å². The number of alkyl halides is 3. The maximum atomic E-state index is 12.8. The average Bonchev–Trinajstić information content (AvgIpc) is 2.68. The van der Waals surface area contributed by atoms with Gasteiger partial charge in [-0.05, 0) is 50.1 Å². The molecule has 0 heterocycles. The number of nitro groups is 1. The van der Waals surface area contributed by atoms with E-state index in [0.717, 1.165) is 17.2 Å². The van der Waals surface area contributed by atoms with Crippen LogP contribution in [0.3, 0.4) is 0 Å². The summed E-state index contributed by atoms with van der Waals surface area (Å²) in [4.78, 5) is 34.3. The Bertz CT molecular complexity index is 1010. The fourth-order valence-electron chi connectivity index (χ4n) is 2.59. The molecule has 2 aromatic rings. The lowest BCUT2D eigenvalue weighted by molar-refractivity contribution is -0.384. The third-order valence-corrected chi connectivity index (χ3v) is 4.26. The van der Waals surface area contributed by atoms with E-state index in [1.54, 1.807) is 13.0 Å². The van der Waals surface area contributed by atoms with Crippen LogP contribution in [0.2, 0.25) is 0 Å². The summed E-state index contributed by atoms with van der Waals surface area (Å²) in [6.07, 6.45) is -4.75. The summed E-state index contributed by atoms with van der Waals surface area (Å²) in [7, 11) is 0. The number of ether oxygens (including phenoxy) is 1. The van der Waals surface area contributed by atoms with E-state index in [2.05, 4.69) is 10.6 Å². The summed E-state index contributed by atoms with van der Waals surface area (Å²) in [5.74, 6) is -1.50. The van der Waals surface area contributed by atoms with Gasteiger partial charge < -0.3 is 15.4 Å².